The van der Waals surface area contributed by atoms with E-state index < -0.39 is 5.78 Å². The van der Waals surface area contributed by atoms with Gasteiger partial charge in [0, 0.05) is 18.9 Å². The van der Waals surface area contributed by atoms with Crippen molar-refractivity contribution in [2.45, 2.75) is 19.3 Å². The van der Waals surface area contributed by atoms with Crippen molar-refractivity contribution in [1.82, 2.24) is 15.2 Å². The van der Waals surface area contributed by atoms with Crippen LogP contribution in [-0.2, 0) is 19.3 Å². The number of aromatic amines is 1. The standard InChI is InChI=1S/C24H20FN3O3/c25-18-9-6-17(7-10-18)12-23-20(21(29)14-22(30)24-26-15-27-28-24)13-19(31-23)11-8-16-4-2-1-3-5-16/h1-7,9-10,13-15,29H,8,11-12H2,(H,26,27,28). The zero-order valence-corrected chi connectivity index (χ0v) is 16.6. The lowest BCUT2D eigenvalue weighted by molar-refractivity contribution is 0.103. The third-order valence-corrected chi connectivity index (χ3v) is 4.83. The van der Waals surface area contributed by atoms with Gasteiger partial charge in [0.25, 0.3) is 0 Å². The summed E-state index contributed by atoms with van der Waals surface area (Å²) in [6.07, 6.45) is 4.04. The summed E-state index contributed by atoms with van der Waals surface area (Å²) in [5.41, 5.74) is 2.40. The number of rotatable bonds is 8. The van der Waals surface area contributed by atoms with Crippen LogP contribution in [0.3, 0.4) is 0 Å². The molecule has 2 aromatic carbocycles. The zero-order valence-electron chi connectivity index (χ0n) is 16.6. The van der Waals surface area contributed by atoms with E-state index in [1.165, 1.54) is 24.0 Å². The first-order valence-electron chi connectivity index (χ1n) is 9.79. The van der Waals surface area contributed by atoms with Crippen LogP contribution in [0.2, 0.25) is 0 Å². The van der Waals surface area contributed by atoms with E-state index in [1.807, 2.05) is 30.3 Å². The average Bonchev–Trinajstić information content (AvgIpc) is 3.45. The molecule has 0 atom stereocenters. The lowest BCUT2D eigenvalue weighted by Gasteiger charge is -2.03. The Morgan fingerprint density at radius 3 is 2.55 bits per heavy atom. The summed E-state index contributed by atoms with van der Waals surface area (Å²) >= 11 is 0. The maximum Gasteiger partial charge on any atom is 0.226 e. The number of ketones is 1. The van der Waals surface area contributed by atoms with Gasteiger partial charge in [-0.15, -0.1) is 0 Å². The van der Waals surface area contributed by atoms with E-state index in [-0.39, 0.29) is 17.4 Å². The van der Waals surface area contributed by atoms with Crippen LogP contribution >= 0.6 is 0 Å². The van der Waals surface area contributed by atoms with E-state index in [4.69, 9.17) is 4.42 Å². The van der Waals surface area contributed by atoms with E-state index in [9.17, 15) is 14.3 Å². The van der Waals surface area contributed by atoms with Crippen LogP contribution in [0.25, 0.3) is 5.76 Å². The van der Waals surface area contributed by atoms with Gasteiger partial charge < -0.3 is 9.52 Å². The highest BCUT2D eigenvalue weighted by atomic mass is 19.1. The molecule has 0 saturated heterocycles. The van der Waals surface area contributed by atoms with Gasteiger partial charge in [-0.05, 0) is 35.7 Å². The molecule has 2 N–H and O–H groups in total. The van der Waals surface area contributed by atoms with Gasteiger partial charge in [-0.2, -0.15) is 5.10 Å². The van der Waals surface area contributed by atoms with Crippen molar-refractivity contribution in [2.24, 2.45) is 0 Å². The second kappa shape index (κ2) is 9.21. The summed E-state index contributed by atoms with van der Waals surface area (Å²) in [4.78, 5) is 16.1. The number of nitrogens with zero attached hydrogens (tertiary/aromatic N) is 2. The van der Waals surface area contributed by atoms with Crippen molar-refractivity contribution in [1.29, 1.82) is 0 Å². The lowest BCUT2D eigenvalue weighted by Crippen LogP contribution is -2.00. The van der Waals surface area contributed by atoms with Crippen molar-refractivity contribution in [3.8, 4) is 0 Å². The molecule has 7 heteroatoms. The number of carbonyl (C=O) groups excluding carboxylic acids is 1. The molecule has 2 heterocycles. The zero-order chi connectivity index (χ0) is 21.6. The van der Waals surface area contributed by atoms with Gasteiger partial charge in [0.15, 0.2) is 5.82 Å². The molecule has 0 aliphatic carbocycles. The van der Waals surface area contributed by atoms with Gasteiger partial charge in [-0.25, -0.2) is 9.37 Å². The highest BCUT2D eigenvalue weighted by Gasteiger charge is 2.17. The Bertz CT molecular complexity index is 1180. The average molecular weight is 417 g/mol. The highest BCUT2D eigenvalue weighted by Crippen LogP contribution is 2.26. The number of nitrogens with one attached hydrogen (secondary N) is 1. The van der Waals surface area contributed by atoms with Crippen molar-refractivity contribution in [3.05, 3.63) is 113 Å². The molecular weight excluding hydrogens is 397 g/mol. The Kier molecular flexibility index (Phi) is 6.03. The first-order valence-corrected chi connectivity index (χ1v) is 9.79. The van der Waals surface area contributed by atoms with Crippen molar-refractivity contribution in [2.75, 3.05) is 0 Å². The SMILES string of the molecule is O=C(C=C(O)c1cc(CCc2ccccc2)oc1Cc1ccc(F)cc1)c1ncn[nH]1. The Balaban J connectivity index is 1.61. The number of furan rings is 1. The smallest absolute Gasteiger partial charge is 0.226 e. The molecule has 6 nitrogen and oxygen atoms in total. The number of aromatic nitrogens is 3. The van der Waals surface area contributed by atoms with Crippen LogP contribution in [0.5, 0.6) is 0 Å². The first kappa shape index (κ1) is 20.3. The van der Waals surface area contributed by atoms with Gasteiger partial charge in [0.05, 0.1) is 5.56 Å². The molecule has 0 amide bonds. The molecule has 31 heavy (non-hydrogen) atoms. The number of hydrogen-bond donors (Lipinski definition) is 2. The third-order valence-electron chi connectivity index (χ3n) is 4.83. The predicted molar refractivity (Wildman–Crippen MR) is 113 cm³/mol. The summed E-state index contributed by atoms with van der Waals surface area (Å²) in [6.45, 7) is 0. The molecule has 0 radical (unpaired) electrons. The Labute approximate surface area is 178 Å². The summed E-state index contributed by atoms with van der Waals surface area (Å²) in [6, 6.07) is 17.8. The second-order valence-corrected chi connectivity index (χ2v) is 7.07. The van der Waals surface area contributed by atoms with Crippen LogP contribution in [0, 0.1) is 5.82 Å². The summed E-state index contributed by atoms with van der Waals surface area (Å²) in [7, 11) is 0. The molecule has 156 valence electrons. The lowest BCUT2D eigenvalue weighted by atomic mass is 10.0. The van der Waals surface area contributed by atoms with Crippen LogP contribution in [0.15, 0.2) is 77.5 Å². The first-order chi connectivity index (χ1) is 15.1. The fraction of sp³-hybridized carbons (Fsp3) is 0.125. The molecule has 0 bridgehead atoms. The van der Waals surface area contributed by atoms with E-state index in [0.717, 1.165) is 18.1 Å². The summed E-state index contributed by atoms with van der Waals surface area (Å²) in [5, 5.41) is 16.8. The topological polar surface area (TPSA) is 92.0 Å². The minimum Gasteiger partial charge on any atom is -0.507 e. The molecule has 0 saturated carbocycles. The van der Waals surface area contributed by atoms with Gasteiger partial charge in [0.2, 0.25) is 5.78 Å². The molecular formula is C24H20FN3O3. The maximum absolute atomic E-state index is 13.3. The molecule has 0 aliphatic rings. The largest absolute Gasteiger partial charge is 0.507 e. The number of aliphatic hydroxyl groups is 1. The maximum atomic E-state index is 13.3. The number of halogens is 1. The van der Waals surface area contributed by atoms with E-state index in [2.05, 4.69) is 15.2 Å². The minimum absolute atomic E-state index is 0.0273. The van der Waals surface area contributed by atoms with Crippen molar-refractivity contribution in [3.63, 3.8) is 0 Å². The molecule has 0 aliphatic heterocycles. The van der Waals surface area contributed by atoms with Crippen LogP contribution in [-0.4, -0.2) is 26.1 Å². The second-order valence-electron chi connectivity index (χ2n) is 7.07. The number of carbonyl (C=O) groups is 1. The van der Waals surface area contributed by atoms with E-state index in [0.29, 0.717) is 29.9 Å². The normalized spacial score (nSPS) is 11.6. The van der Waals surface area contributed by atoms with Crippen molar-refractivity contribution >= 4 is 11.5 Å². The number of hydrogen-bond acceptors (Lipinski definition) is 5. The van der Waals surface area contributed by atoms with E-state index >= 15 is 0 Å². The molecule has 0 unspecified atom stereocenters. The van der Waals surface area contributed by atoms with E-state index in [1.54, 1.807) is 18.2 Å². The molecule has 4 aromatic rings. The highest BCUT2D eigenvalue weighted by molar-refractivity contribution is 6.05. The third kappa shape index (κ3) is 5.14. The Morgan fingerprint density at radius 1 is 1.06 bits per heavy atom. The summed E-state index contributed by atoms with van der Waals surface area (Å²) < 4.78 is 19.3. The predicted octanol–water partition coefficient (Wildman–Crippen LogP) is 4.69. The number of allylic oxidation sites excluding steroid dienone is 1. The van der Waals surface area contributed by atoms with Crippen LogP contribution in [0.4, 0.5) is 4.39 Å². The van der Waals surface area contributed by atoms with Crippen molar-refractivity contribution < 1.29 is 18.7 Å². The summed E-state index contributed by atoms with van der Waals surface area (Å²) in [5.74, 6) is 0.145. The fourth-order valence-electron chi connectivity index (χ4n) is 3.25. The van der Waals surface area contributed by atoms with Gasteiger partial charge in [-0.1, -0.05) is 42.5 Å². The quantitative estimate of drug-likeness (QED) is 0.246. The van der Waals surface area contributed by atoms with Crippen LogP contribution in [0.1, 0.15) is 38.8 Å². The number of benzene rings is 2. The number of aryl methyl sites for hydroxylation is 2. The minimum atomic E-state index is -0.505. The Hall–Kier alpha value is -4.00. The van der Waals surface area contributed by atoms with Gasteiger partial charge >= 0.3 is 0 Å². The Morgan fingerprint density at radius 2 is 1.84 bits per heavy atom. The van der Waals surface area contributed by atoms with Crippen LogP contribution < -0.4 is 0 Å². The van der Waals surface area contributed by atoms with Gasteiger partial charge in [-0.3, -0.25) is 9.89 Å². The fourth-order valence-corrected chi connectivity index (χ4v) is 3.25. The van der Waals surface area contributed by atoms with Gasteiger partial charge in [0.1, 0.15) is 29.4 Å². The molecule has 0 spiro atoms. The molecule has 4 rings (SSSR count). The molecule has 0 fully saturated rings. The molecule has 2 aromatic heterocycles. The number of aliphatic hydroxyl groups excluding tert-OH is 1. The monoisotopic (exact) mass is 417 g/mol. The number of H-pyrrole nitrogens is 1.